The number of aryl methyl sites for hydroxylation is 1. The van der Waals surface area contributed by atoms with Crippen molar-refractivity contribution >= 4 is 28.8 Å². The second kappa shape index (κ2) is 10.2. The molecular weight excluding hydrogens is 418 g/mol. The summed E-state index contributed by atoms with van der Waals surface area (Å²) in [5.41, 5.74) is 2.43. The lowest BCUT2D eigenvalue weighted by molar-refractivity contribution is -0.110. The minimum absolute atomic E-state index is 0.000104. The maximum absolute atomic E-state index is 12.8. The molecule has 0 spiro atoms. The number of phenolic OH excluding ortho intramolecular Hbond substituents is 1. The van der Waals surface area contributed by atoms with E-state index in [4.69, 9.17) is 11.2 Å². The van der Waals surface area contributed by atoms with Crippen molar-refractivity contribution in [2.45, 2.75) is 13.5 Å². The molecule has 0 bridgehead atoms. The molecule has 6 heteroatoms. The number of allylic oxidation sites excluding steroid dienone is 3. The van der Waals surface area contributed by atoms with Crippen LogP contribution in [0.25, 0.3) is 23.1 Å². The van der Waals surface area contributed by atoms with Crippen molar-refractivity contribution < 1.29 is 19.7 Å². The topological polar surface area (TPSA) is 88.8 Å². The Balaban J connectivity index is 1.84. The fourth-order valence-corrected chi connectivity index (χ4v) is 3.29. The normalized spacial score (nSPS) is 11.8. The van der Waals surface area contributed by atoms with Gasteiger partial charge in [0, 0.05) is 11.6 Å². The van der Waals surface area contributed by atoms with Gasteiger partial charge in [-0.3, -0.25) is 14.2 Å². The van der Waals surface area contributed by atoms with Crippen LogP contribution >= 0.6 is 0 Å². The minimum Gasteiger partial charge on any atom is -0.508 e. The molecule has 0 aliphatic carbocycles. The molecule has 0 saturated heterocycles. The van der Waals surface area contributed by atoms with E-state index in [-0.39, 0.29) is 23.6 Å². The zero-order chi connectivity index (χ0) is 24.0. The quantitative estimate of drug-likeness (QED) is 0.246. The predicted octanol–water partition coefficient (Wildman–Crippen LogP) is 4.39. The molecule has 2 aromatic carbocycles. The number of hydrogen-bond donors (Lipinski definition) is 2. The number of rotatable bonds is 7. The van der Waals surface area contributed by atoms with Gasteiger partial charge < -0.3 is 14.9 Å². The molecule has 0 aliphatic rings. The van der Waals surface area contributed by atoms with Crippen LogP contribution in [-0.2, 0) is 11.3 Å². The van der Waals surface area contributed by atoms with Crippen molar-refractivity contribution in [1.29, 1.82) is 0 Å². The van der Waals surface area contributed by atoms with Crippen LogP contribution in [0, 0.1) is 19.3 Å². The van der Waals surface area contributed by atoms with Gasteiger partial charge in [0.25, 0.3) is 5.56 Å². The van der Waals surface area contributed by atoms with Crippen molar-refractivity contribution in [3.8, 4) is 23.8 Å². The Hall–Kier alpha value is -4.50. The van der Waals surface area contributed by atoms with Crippen LogP contribution in [0.15, 0.2) is 71.2 Å². The van der Waals surface area contributed by atoms with Crippen LogP contribution in [0.4, 0.5) is 0 Å². The number of benzene rings is 2. The second-order valence-corrected chi connectivity index (χ2v) is 7.33. The Morgan fingerprint density at radius 1 is 1.15 bits per heavy atom. The molecule has 3 aromatic rings. The number of aromatic hydroxyl groups is 1. The number of phenols is 1. The Labute approximate surface area is 191 Å². The fourth-order valence-electron chi connectivity index (χ4n) is 3.29. The van der Waals surface area contributed by atoms with Crippen LogP contribution in [0.3, 0.4) is 0 Å². The maximum Gasteiger partial charge on any atom is 0.259 e. The first-order chi connectivity index (χ1) is 15.8. The molecule has 1 aromatic heterocycles. The van der Waals surface area contributed by atoms with E-state index in [1.54, 1.807) is 24.3 Å². The third-order valence-corrected chi connectivity index (χ3v) is 4.89. The van der Waals surface area contributed by atoms with Gasteiger partial charge >= 0.3 is 0 Å². The number of hydrogen-bond acceptors (Lipinski definition) is 5. The molecule has 0 amide bonds. The van der Waals surface area contributed by atoms with Crippen molar-refractivity contribution in [2.24, 2.45) is 0 Å². The number of aliphatic hydroxyl groups excluding tert-OH is 1. The van der Waals surface area contributed by atoms with Crippen LogP contribution in [0.2, 0.25) is 0 Å². The smallest absolute Gasteiger partial charge is 0.259 e. The molecule has 6 nitrogen and oxygen atoms in total. The van der Waals surface area contributed by atoms with Gasteiger partial charge in [0.1, 0.15) is 5.76 Å². The minimum atomic E-state index is -0.493. The van der Waals surface area contributed by atoms with E-state index in [1.807, 2.05) is 25.1 Å². The molecule has 0 atom stereocenters. The van der Waals surface area contributed by atoms with E-state index in [2.05, 4.69) is 5.92 Å². The number of aliphatic hydroxyl groups is 1. The molecule has 0 fully saturated rings. The maximum atomic E-state index is 12.8. The number of carbonyl (C=O) groups is 1. The molecule has 0 saturated carbocycles. The van der Waals surface area contributed by atoms with Gasteiger partial charge in [-0.25, -0.2) is 0 Å². The monoisotopic (exact) mass is 441 g/mol. The number of fused-ring (bicyclic) bond motifs is 1. The number of aromatic nitrogens is 1. The van der Waals surface area contributed by atoms with Gasteiger partial charge in [0.05, 0.1) is 19.2 Å². The second-order valence-electron chi connectivity index (χ2n) is 7.33. The van der Waals surface area contributed by atoms with E-state index in [0.717, 1.165) is 22.5 Å². The molecular formula is C27H23NO5. The number of methoxy groups -OCH3 is 1. The Morgan fingerprint density at radius 3 is 2.67 bits per heavy atom. The first-order valence-corrected chi connectivity index (χ1v) is 10.1. The summed E-state index contributed by atoms with van der Waals surface area (Å²) in [7, 11) is 1.43. The lowest BCUT2D eigenvalue weighted by atomic mass is 10.1. The molecule has 0 radical (unpaired) electrons. The summed E-state index contributed by atoms with van der Waals surface area (Å²) in [6, 6.07) is 12.1. The highest BCUT2D eigenvalue weighted by Gasteiger charge is 2.08. The van der Waals surface area contributed by atoms with Gasteiger partial charge in [-0.1, -0.05) is 29.7 Å². The van der Waals surface area contributed by atoms with Crippen LogP contribution in [-0.4, -0.2) is 27.7 Å². The third-order valence-electron chi connectivity index (χ3n) is 4.89. The Morgan fingerprint density at radius 2 is 1.94 bits per heavy atom. The van der Waals surface area contributed by atoms with E-state index >= 15 is 0 Å². The first-order valence-electron chi connectivity index (χ1n) is 10.1. The van der Waals surface area contributed by atoms with Gasteiger partial charge in [0.15, 0.2) is 17.3 Å². The summed E-state index contributed by atoms with van der Waals surface area (Å²) >= 11 is 0. The summed E-state index contributed by atoms with van der Waals surface area (Å²) in [5.74, 6) is 2.02. The largest absolute Gasteiger partial charge is 0.508 e. The number of carbonyl (C=O) groups excluding carboxylic acids is 1. The number of nitrogens with zero attached hydrogens (tertiary/aromatic N) is 1. The van der Waals surface area contributed by atoms with E-state index in [0.29, 0.717) is 16.9 Å². The van der Waals surface area contributed by atoms with Crippen molar-refractivity contribution in [3.63, 3.8) is 0 Å². The SMILES string of the molecule is C#CCn1c(=O)c(/C=C/C(=O)/C=C(O)/C=C/c2ccc(O)c(OC)c2)cc2cc(C)ccc21. The summed E-state index contributed by atoms with van der Waals surface area (Å²) in [4.78, 5) is 25.1. The van der Waals surface area contributed by atoms with Crippen molar-refractivity contribution in [3.05, 3.63) is 93.5 Å². The summed E-state index contributed by atoms with van der Waals surface area (Å²) in [6.07, 6.45) is 12.0. The van der Waals surface area contributed by atoms with Gasteiger partial charge in [-0.2, -0.15) is 0 Å². The summed E-state index contributed by atoms with van der Waals surface area (Å²) in [6.45, 7) is 2.06. The molecule has 1 heterocycles. The first kappa shape index (κ1) is 23.2. The summed E-state index contributed by atoms with van der Waals surface area (Å²) in [5, 5.41) is 20.5. The summed E-state index contributed by atoms with van der Waals surface area (Å²) < 4.78 is 6.52. The Kier molecular flexibility index (Phi) is 7.17. The van der Waals surface area contributed by atoms with Crippen molar-refractivity contribution in [1.82, 2.24) is 4.57 Å². The average Bonchev–Trinajstić information content (AvgIpc) is 2.79. The number of pyridine rings is 1. The average molecular weight is 441 g/mol. The number of ether oxygens (including phenoxy) is 1. The lowest BCUT2D eigenvalue weighted by Gasteiger charge is -2.09. The molecule has 2 N–H and O–H groups in total. The van der Waals surface area contributed by atoms with Gasteiger partial charge in [-0.05, 0) is 66.4 Å². The van der Waals surface area contributed by atoms with E-state index in [9.17, 15) is 19.8 Å². The van der Waals surface area contributed by atoms with Crippen LogP contribution in [0.1, 0.15) is 16.7 Å². The third kappa shape index (κ3) is 5.60. The van der Waals surface area contributed by atoms with Crippen LogP contribution < -0.4 is 10.3 Å². The highest BCUT2D eigenvalue weighted by Crippen LogP contribution is 2.26. The zero-order valence-corrected chi connectivity index (χ0v) is 18.3. The van der Waals surface area contributed by atoms with Gasteiger partial charge in [-0.15, -0.1) is 6.42 Å². The van der Waals surface area contributed by atoms with E-state index in [1.165, 1.54) is 36.0 Å². The number of ketones is 1. The van der Waals surface area contributed by atoms with Crippen LogP contribution in [0.5, 0.6) is 11.5 Å². The zero-order valence-electron chi connectivity index (χ0n) is 18.3. The highest BCUT2D eigenvalue weighted by atomic mass is 16.5. The standard InChI is InChI=1S/C27H23NO5/c1-4-13-28-24-11-5-18(2)14-21(24)16-20(27(28)32)8-10-23(30)17-22(29)9-6-19-7-12-25(31)26(15-19)33-3/h1,5-12,14-17,29,31H,13H2,2-3H3/b9-6+,10-8+,22-17-. The predicted molar refractivity (Wildman–Crippen MR) is 130 cm³/mol. The highest BCUT2D eigenvalue weighted by molar-refractivity contribution is 6.02. The Bertz CT molecular complexity index is 1400. The van der Waals surface area contributed by atoms with Gasteiger partial charge in [0.2, 0.25) is 0 Å². The molecule has 0 aliphatic heterocycles. The number of terminal acetylenes is 1. The van der Waals surface area contributed by atoms with E-state index < -0.39 is 5.78 Å². The van der Waals surface area contributed by atoms with Crippen molar-refractivity contribution in [2.75, 3.05) is 7.11 Å². The molecule has 3 rings (SSSR count). The molecule has 0 unspecified atom stereocenters. The fraction of sp³-hybridized carbons (Fsp3) is 0.111. The molecule has 166 valence electrons. The molecule has 33 heavy (non-hydrogen) atoms. The lowest BCUT2D eigenvalue weighted by Crippen LogP contribution is -2.22.